The molecular weight excluding hydrogens is 320 g/mol. The first-order valence-electron chi connectivity index (χ1n) is 8.57. The Kier molecular flexibility index (Phi) is 4.04. The van der Waals surface area contributed by atoms with Crippen molar-refractivity contribution < 1.29 is 9.53 Å². The third-order valence-electron chi connectivity index (χ3n) is 5.16. The van der Waals surface area contributed by atoms with Gasteiger partial charge in [-0.15, -0.1) is 11.3 Å². The molecule has 2 aliphatic rings. The fourth-order valence-electron chi connectivity index (χ4n) is 3.67. The Hall–Kier alpha value is -1.88. The molecule has 2 atom stereocenters. The minimum Gasteiger partial charge on any atom is -0.480 e. The molecule has 2 aliphatic heterocycles. The fourth-order valence-corrected chi connectivity index (χ4v) is 4.44. The third kappa shape index (κ3) is 2.81. The van der Waals surface area contributed by atoms with Crippen molar-refractivity contribution in [2.45, 2.75) is 45.1 Å². The zero-order valence-corrected chi connectivity index (χ0v) is 14.9. The molecule has 4 rings (SSSR count). The smallest absolute Gasteiger partial charge is 0.264 e. The molecule has 0 bridgehead atoms. The Balaban J connectivity index is 1.46. The van der Waals surface area contributed by atoms with Gasteiger partial charge in [-0.3, -0.25) is 4.79 Å². The van der Waals surface area contributed by atoms with Crippen LogP contribution in [-0.4, -0.2) is 35.0 Å². The second kappa shape index (κ2) is 6.20. The molecule has 0 saturated carbocycles. The van der Waals surface area contributed by atoms with E-state index in [-0.39, 0.29) is 12.0 Å². The van der Waals surface area contributed by atoms with Gasteiger partial charge in [0, 0.05) is 37.0 Å². The van der Waals surface area contributed by atoms with Crippen LogP contribution in [0, 0.1) is 13.8 Å². The minimum absolute atomic E-state index is 0.128. The van der Waals surface area contributed by atoms with E-state index >= 15 is 0 Å². The van der Waals surface area contributed by atoms with Gasteiger partial charge < -0.3 is 9.64 Å². The highest BCUT2D eigenvalue weighted by Crippen LogP contribution is 2.34. The van der Waals surface area contributed by atoms with Crippen LogP contribution in [-0.2, 0) is 11.2 Å². The molecule has 126 valence electrons. The second-order valence-corrected chi connectivity index (χ2v) is 7.77. The predicted molar refractivity (Wildman–Crippen MR) is 94.7 cm³/mol. The monoisotopic (exact) mass is 342 g/mol. The number of carbonyl (C=O) groups excluding carboxylic acids is 1. The molecule has 24 heavy (non-hydrogen) atoms. The van der Waals surface area contributed by atoms with E-state index in [1.807, 2.05) is 16.5 Å². The third-order valence-corrected chi connectivity index (χ3v) is 6.10. The van der Waals surface area contributed by atoms with Crippen LogP contribution >= 0.6 is 11.3 Å². The quantitative estimate of drug-likeness (QED) is 0.839. The van der Waals surface area contributed by atoms with E-state index < -0.39 is 0 Å². The van der Waals surface area contributed by atoms with Crippen LogP contribution in [0.3, 0.4) is 0 Å². The molecular formula is C19H22N2O2S. The summed E-state index contributed by atoms with van der Waals surface area (Å²) < 4.78 is 5.98. The first-order valence-corrected chi connectivity index (χ1v) is 9.44. The minimum atomic E-state index is -0.365. The molecule has 0 aliphatic carbocycles. The molecule has 2 aromatic rings. The van der Waals surface area contributed by atoms with Crippen LogP contribution in [0.5, 0.6) is 5.75 Å². The Bertz CT molecular complexity index is 726. The Labute approximate surface area is 146 Å². The topological polar surface area (TPSA) is 42.4 Å². The highest BCUT2D eigenvalue weighted by molar-refractivity contribution is 7.09. The van der Waals surface area contributed by atoms with Gasteiger partial charge >= 0.3 is 0 Å². The lowest BCUT2D eigenvalue weighted by Crippen LogP contribution is -2.45. The number of aromatic nitrogens is 1. The number of thiazole rings is 1. The number of benzene rings is 1. The largest absolute Gasteiger partial charge is 0.480 e. The number of fused-ring (bicyclic) bond motifs is 1. The summed E-state index contributed by atoms with van der Waals surface area (Å²) in [7, 11) is 0. The van der Waals surface area contributed by atoms with Crippen molar-refractivity contribution in [2.24, 2.45) is 0 Å². The molecule has 0 unspecified atom stereocenters. The summed E-state index contributed by atoms with van der Waals surface area (Å²) in [4.78, 5) is 19.3. The van der Waals surface area contributed by atoms with Crippen LogP contribution in [0.15, 0.2) is 23.7 Å². The van der Waals surface area contributed by atoms with E-state index in [1.54, 1.807) is 11.3 Å². The van der Waals surface area contributed by atoms with E-state index in [1.165, 1.54) is 11.1 Å². The number of ether oxygens (including phenoxy) is 1. The predicted octanol–water partition coefficient (Wildman–Crippen LogP) is 3.47. The Morgan fingerprint density at radius 2 is 2.17 bits per heavy atom. The first kappa shape index (κ1) is 15.6. The number of hydrogen-bond donors (Lipinski definition) is 0. The Morgan fingerprint density at radius 1 is 1.33 bits per heavy atom. The van der Waals surface area contributed by atoms with Gasteiger partial charge in [0.2, 0.25) is 0 Å². The molecule has 4 nitrogen and oxygen atoms in total. The van der Waals surface area contributed by atoms with Crippen molar-refractivity contribution in [2.75, 3.05) is 13.1 Å². The van der Waals surface area contributed by atoms with Gasteiger partial charge in [-0.1, -0.05) is 6.07 Å². The zero-order valence-electron chi connectivity index (χ0n) is 14.1. The van der Waals surface area contributed by atoms with Crippen molar-refractivity contribution in [3.63, 3.8) is 0 Å². The van der Waals surface area contributed by atoms with Crippen LogP contribution in [0.4, 0.5) is 0 Å². The highest BCUT2D eigenvalue weighted by Gasteiger charge is 2.35. The zero-order chi connectivity index (χ0) is 16.7. The van der Waals surface area contributed by atoms with E-state index in [4.69, 9.17) is 4.74 Å². The van der Waals surface area contributed by atoms with Crippen LogP contribution in [0.2, 0.25) is 0 Å². The highest BCUT2D eigenvalue weighted by atomic mass is 32.1. The van der Waals surface area contributed by atoms with Crippen molar-refractivity contribution in [3.8, 4) is 5.75 Å². The van der Waals surface area contributed by atoms with Crippen LogP contribution < -0.4 is 4.74 Å². The Morgan fingerprint density at radius 3 is 2.96 bits per heavy atom. The van der Waals surface area contributed by atoms with E-state index in [9.17, 15) is 4.79 Å². The van der Waals surface area contributed by atoms with Gasteiger partial charge in [-0.2, -0.15) is 0 Å². The molecule has 1 amide bonds. The number of amides is 1. The van der Waals surface area contributed by atoms with Gasteiger partial charge in [0.15, 0.2) is 6.10 Å². The van der Waals surface area contributed by atoms with Gasteiger partial charge in [-0.25, -0.2) is 4.98 Å². The lowest BCUT2D eigenvalue weighted by molar-refractivity contribution is -0.139. The van der Waals surface area contributed by atoms with E-state index in [0.29, 0.717) is 12.3 Å². The summed E-state index contributed by atoms with van der Waals surface area (Å²) in [6, 6.07) is 4.22. The number of aryl methyl sites for hydroxylation is 2. The molecule has 3 heterocycles. The fraction of sp³-hybridized carbons (Fsp3) is 0.474. The number of rotatable bonds is 2. The standard InChI is InChI=1S/C19H22N2O2S/c1-12-8-15-10-17(23-16(15)9-13(12)2)19(22)21-6-3-4-14(11-21)18-20-5-7-24-18/h5,7-9,14,17H,3-4,6,10-11H2,1-2H3/t14-,17+/m0/s1. The SMILES string of the molecule is Cc1cc2c(cc1C)O[C@@H](C(=O)N1CCC[C@H](c3nccs3)C1)C2. The summed E-state index contributed by atoms with van der Waals surface area (Å²) in [5.41, 5.74) is 3.63. The maximum absolute atomic E-state index is 12.9. The van der Waals surface area contributed by atoms with Crippen molar-refractivity contribution in [1.29, 1.82) is 0 Å². The summed E-state index contributed by atoms with van der Waals surface area (Å²) in [6.45, 7) is 5.78. The molecule has 0 radical (unpaired) electrons. The van der Waals surface area contributed by atoms with Crippen LogP contribution in [0.25, 0.3) is 0 Å². The van der Waals surface area contributed by atoms with Gasteiger partial charge in [0.1, 0.15) is 5.75 Å². The number of piperidine rings is 1. The number of likely N-dealkylation sites (tertiary alicyclic amines) is 1. The summed E-state index contributed by atoms with van der Waals surface area (Å²) in [6.07, 6.45) is 4.32. The van der Waals surface area contributed by atoms with Gasteiger partial charge in [0.25, 0.3) is 5.91 Å². The number of nitrogens with zero attached hydrogens (tertiary/aromatic N) is 2. The summed E-state index contributed by atoms with van der Waals surface area (Å²) >= 11 is 1.69. The molecule has 1 saturated heterocycles. The van der Waals surface area contributed by atoms with Crippen molar-refractivity contribution in [1.82, 2.24) is 9.88 Å². The van der Waals surface area contributed by atoms with Crippen molar-refractivity contribution in [3.05, 3.63) is 45.4 Å². The van der Waals surface area contributed by atoms with E-state index in [2.05, 4.69) is 31.0 Å². The number of carbonyl (C=O) groups is 1. The lowest BCUT2D eigenvalue weighted by atomic mass is 9.97. The molecule has 1 fully saturated rings. The maximum atomic E-state index is 12.9. The molecule has 0 N–H and O–H groups in total. The first-order chi connectivity index (χ1) is 11.6. The maximum Gasteiger partial charge on any atom is 0.264 e. The lowest BCUT2D eigenvalue weighted by Gasteiger charge is -2.33. The van der Waals surface area contributed by atoms with Gasteiger partial charge in [0.05, 0.1) is 5.01 Å². The summed E-state index contributed by atoms with van der Waals surface area (Å²) in [5.74, 6) is 1.38. The van der Waals surface area contributed by atoms with E-state index in [0.717, 1.165) is 42.3 Å². The molecule has 0 spiro atoms. The average Bonchev–Trinajstić information content (AvgIpc) is 3.24. The summed E-state index contributed by atoms with van der Waals surface area (Å²) in [5, 5.41) is 3.16. The number of hydrogen-bond acceptors (Lipinski definition) is 4. The van der Waals surface area contributed by atoms with Crippen LogP contribution in [0.1, 0.15) is 40.5 Å². The van der Waals surface area contributed by atoms with Gasteiger partial charge in [-0.05, 0) is 49.4 Å². The average molecular weight is 342 g/mol. The molecule has 1 aromatic carbocycles. The molecule has 1 aromatic heterocycles. The van der Waals surface area contributed by atoms with Crippen molar-refractivity contribution >= 4 is 17.2 Å². The normalized spacial score (nSPS) is 23.0. The second-order valence-electron chi connectivity index (χ2n) is 6.85. The molecule has 5 heteroatoms.